The number of piperazine rings is 1. The molecule has 3 heteroatoms. The lowest BCUT2D eigenvalue weighted by Gasteiger charge is -2.41. The van der Waals surface area contributed by atoms with Crippen molar-refractivity contribution in [3.8, 4) is 0 Å². The minimum absolute atomic E-state index is 0.744. The Morgan fingerprint density at radius 2 is 1.71 bits per heavy atom. The fraction of sp³-hybridized carbons (Fsp3) is 1.00. The Labute approximate surface area is 132 Å². The lowest BCUT2D eigenvalue weighted by atomic mass is 9.93. The fourth-order valence-electron chi connectivity index (χ4n) is 4.02. The van der Waals surface area contributed by atoms with Crippen LogP contribution in [0.25, 0.3) is 0 Å². The highest BCUT2D eigenvalue weighted by atomic mass is 15.3. The van der Waals surface area contributed by atoms with E-state index in [9.17, 15) is 0 Å². The van der Waals surface area contributed by atoms with Gasteiger partial charge in [0.05, 0.1) is 0 Å². The molecular formula is C18H37N3. The van der Waals surface area contributed by atoms with Gasteiger partial charge < -0.3 is 9.80 Å². The highest BCUT2D eigenvalue weighted by Gasteiger charge is 2.25. The van der Waals surface area contributed by atoms with E-state index in [-0.39, 0.29) is 0 Å². The van der Waals surface area contributed by atoms with Gasteiger partial charge in [0.2, 0.25) is 0 Å². The van der Waals surface area contributed by atoms with Gasteiger partial charge in [-0.1, -0.05) is 20.8 Å². The molecule has 2 saturated heterocycles. The Bertz CT molecular complexity index is 284. The Hall–Kier alpha value is -0.120. The maximum atomic E-state index is 2.74. The summed E-state index contributed by atoms with van der Waals surface area (Å²) in [7, 11) is 0. The number of hydrogen-bond donors (Lipinski definition) is 0. The molecule has 0 aromatic rings. The summed E-state index contributed by atoms with van der Waals surface area (Å²) in [6, 6.07) is 0.744. The van der Waals surface area contributed by atoms with Crippen molar-refractivity contribution in [2.24, 2.45) is 11.8 Å². The zero-order chi connectivity index (χ0) is 15.2. The quantitative estimate of drug-likeness (QED) is 0.746. The van der Waals surface area contributed by atoms with Crippen LogP contribution in [0.2, 0.25) is 0 Å². The second-order valence-electron chi connectivity index (χ2n) is 7.70. The van der Waals surface area contributed by atoms with Crippen LogP contribution in [0.1, 0.15) is 47.0 Å². The molecule has 21 heavy (non-hydrogen) atoms. The van der Waals surface area contributed by atoms with Gasteiger partial charge >= 0.3 is 0 Å². The van der Waals surface area contributed by atoms with Gasteiger partial charge in [-0.2, -0.15) is 0 Å². The first-order valence-corrected chi connectivity index (χ1v) is 9.27. The Balaban J connectivity index is 1.65. The minimum Gasteiger partial charge on any atom is -0.304 e. The first-order valence-electron chi connectivity index (χ1n) is 9.27. The van der Waals surface area contributed by atoms with Crippen molar-refractivity contribution in [1.29, 1.82) is 0 Å². The van der Waals surface area contributed by atoms with Crippen molar-refractivity contribution < 1.29 is 0 Å². The molecule has 1 unspecified atom stereocenters. The smallest absolute Gasteiger partial charge is 0.0195 e. The van der Waals surface area contributed by atoms with E-state index in [0.29, 0.717) is 0 Å². The van der Waals surface area contributed by atoms with Crippen LogP contribution in [0.4, 0.5) is 0 Å². The van der Waals surface area contributed by atoms with Gasteiger partial charge in [0, 0.05) is 32.2 Å². The third-order valence-electron chi connectivity index (χ3n) is 5.45. The van der Waals surface area contributed by atoms with Crippen LogP contribution in [-0.2, 0) is 0 Å². The van der Waals surface area contributed by atoms with E-state index in [1.165, 1.54) is 71.6 Å². The summed E-state index contributed by atoms with van der Waals surface area (Å²) < 4.78 is 0. The van der Waals surface area contributed by atoms with Gasteiger partial charge in [-0.05, 0) is 64.2 Å². The van der Waals surface area contributed by atoms with E-state index < -0.39 is 0 Å². The average molecular weight is 296 g/mol. The normalized spacial score (nSPS) is 27.6. The Morgan fingerprint density at radius 3 is 2.29 bits per heavy atom. The lowest BCUT2D eigenvalue weighted by Crippen LogP contribution is -2.53. The van der Waals surface area contributed by atoms with E-state index >= 15 is 0 Å². The molecule has 2 rings (SSSR count). The summed E-state index contributed by atoms with van der Waals surface area (Å²) in [4.78, 5) is 8.00. The van der Waals surface area contributed by atoms with Crippen molar-refractivity contribution in [3.05, 3.63) is 0 Å². The van der Waals surface area contributed by atoms with E-state index in [4.69, 9.17) is 0 Å². The largest absolute Gasteiger partial charge is 0.304 e. The number of hydrogen-bond acceptors (Lipinski definition) is 3. The summed E-state index contributed by atoms with van der Waals surface area (Å²) in [5.74, 6) is 1.78. The molecule has 0 aromatic carbocycles. The first-order chi connectivity index (χ1) is 10.1. The molecule has 0 aliphatic carbocycles. The van der Waals surface area contributed by atoms with Gasteiger partial charge in [0.25, 0.3) is 0 Å². The van der Waals surface area contributed by atoms with Crippen molar-refractivity contribution in [2.75, 3.05) is 52.4 Å². The Morgan fingerprint density at radius 1 is 1.00 bits per heavy atom. The van der Waals surface area contributed by atoms with Gasteiger partial charge in [-0.15, -0.1) is 0 Å². The molecule has 2 heterocycles. The molecule has 2 aliphatic heterocycles. The first kappa shape index (κ1) is 17.2. The summed E-state index contributed by atoms with van der Waals surface area (Å²) in [6.45, 7) is 19.7. The van der Waals surface area contributed by atoms with E-state index in [0.717, 1.165) is 17.9 Å². The average Bonchev–Trinajstić information content (AvgIpc) is 2.46. The molecule has 0 spiro atoms. The predicted molar refractivity (Wildman–Crippen MR) is 91.8 cm³/mol. The van der Waals surface area contributed by atoms with Crippen LogP contribution in [0.3, 0.4) is 0 Å². The molecular weight excluding hydrogens is 258 g/mol. The molecule has 2 aliphatic rings. The second-order valence-corrected chi connectivity index (χ2v) is 7.70. The zero-order valence-electron chi connectivity index (χ0n) is 14.9. The van der Waals surface area contributed by atoms with Crippen LogP contribution in [0.5, 0.6) is 0 Å². The molecule has 0 amide bonds. The maximum absolute atomic E-state index is 2.74. The van der Waals surface area contributed by atoms with E-state index in [2.05, 4.69) is 42.4 Å². The Kier molecular flexibility index (Phi) is 6.97. The van der Waals surface area contributed by atoms with Crippen LogP contribution in [0.15, 0.2) is 0 Å². The highest BCUT2D eigenvalue weighted by Crippen LogP contribution is 2.22. The zero-order valence-corrected chi connectivity index (χ0v) is 14.9. The van der Waals surface area contributed by atoms with Gasteiger partial charge in [0.1, 0.15) is 0 Å². The third kappa shape index (κ3) is 5.54. The van der Waals surface area contributed by atoms with E-state index in [1.54, 1.807) is 0 Å². The van der Waals surface area contributed by atoms with Gasteiger partial charge in [0.15, 0.2) is 0 Å². The summed E-state index contributed by atoms with van der Waals surface area (Å²) in [5, 5.41) is 0. The number of nitrogens with zero attached hydrogens (tertiary/aromatic N) is 3. The van der Waals surface area contributed by atoms with Crippen LogP contribution < -0.4 is 0 Å². The van der Waals surface area contributed by atoms with Gasteiger partial charge in [-0.3, -0.25) is 4.90 Å². The monoisotopic (exact) mass is 295 g/mol. The summed E-state index contributed by atoms with van der Waals surface area (Å²) >= 11 is 0. The number of rotatable bonds is 6. The van der Waals surface area contributed by atoms with Crippen molar-refractivity contribution >= 4 is 0 Å². The fourth-order valence-corrected chi connectivity index (χ4v) is 4.02. The summed E-state index contributed by atoms with van der Waals surface area (Å²) in [6.07, 6.45) is 4.27. The molecule has 0 bridgehead atoms. The second kappa shape index (κ2) is 8.50. The molecule has 1 atom stereocenters. The van der Waals surface area contributed by atoms with Crippen LogP contribution >= 0.6 is 0 Å². The minimum atomic E-state index is 0.744. The van der Waals surface area contributed by atoms with E-state index in [1.807, 2.05) is 0 Å². The van der Waals surface area contributed by atoms with Crippen LogP contribution in [0, 0.1) is 11.8 Å². The molecule has 3 nitrogen and oxygen atoms in total. The standard InChI is InChI=1S/C18H37N3/c1-5-19-9-6-18(7-10-19)8-11-21-13-12-20(14-16(2)3)15-17(21)4/h16-18H,5-15H2,1-4H3. The lowest BCUT2D eigenvalue weighted by molar-refractivity contribution is 0.0677. The number of piperidine rings is 1. The predicted octanol–water partition coefficient (Wildman–Crippen LogP) is 2.77. The molecule has 124 valence electrons. The topological polar surface area (TPSA) is 9.72 Å². The van der Waals surface area contributed by atoms with Gasteiger partial charge in [-0.25, -0.2) is 0 Å². The molecule has 2 fully saturated rings. The van der Waals surface area contributed by atoms with Crippen molar-refractivity contribution in [1.82, 2.24) is 14.7 Å². The van der Waals surface area contributed by atoms with Crippen LogP contribution in [-0.4, -0.2) is 73.1 Å². The third-order valence-corrected chi connectivity index (χ3v) is 5.45. The highest BCUT2D eigenvalue weighted by molar-refractivity contribution is 4.81. The molecule has 0 saturated carbocycles. The molecule has 0 N–H and O–H groups in total. The summed E-state index contributed by atoms with van der Waals surface area (Å²) in [5.41, 5.74) is 0. The maximum Gasteiger partial charge on any atom is 0.0195 e. The molecule has 0 aromatic heterocycles. The number of likely N-dealkylation sites (tertiary alicyclic amines) is 1. The molecule has 0 radical (unpaired) electrons. The van der Waals surface area contributed by atoms with Crippen molar-refractivity contribution in [3.63, 3.8) is 0 Å². The SMILES string of the molecule is CCN1CCC(CCN2CCN(CC(C)C)CC2C)CC1. The van der Waals surface area contributed by atoms with Crippen molar-refractivity contribution in [2.45, 2.75) is 53.0 Å².